The van der Waals surface area contributed by atoms with Crippen LogP contribution in [0.1, 0.15) is 88.9 Å². The second kappa shape index (κ2) is 11.5. The quantitative estimate of drug-likeness (QED) is 0.575. The number of hydrogen-bond acceptors (Lipinski definition) is 5. The number of aliphatic carboxylic acids is 1. The van der Waals surface area contributed by atoms with Crippen LogP contribution < -0.4 is 15.0 Å². The minimum absolute atomic E-state index is 0.0555. The van der Waals surface area contributed by atoms with Gasteiger partial charge in [-0.05, 0) is 63.0 Å². The maximum absolute atomic E-state index is 13.1. The number of ether oxygens (including phenoxy) is 1. The Bertz CT molecular complexity index is 776. The Kier molecular flexibility index (Phi) is 8.76. The molecular formula is C25H39N3O4. The number of piperidine rings is 1. The molecule has 7 heteroatoms. The first-order chi connectivity index (χ1) is 15.3. The lowest BCUT2D eigenvalue weighted by Crippen LogP contribution is -2.38. The molecule has 1 unspecified atom stereocenters. The van der Waals surface area contributed by atoms with Crippen LogP contribution in [0.2, 0.25) is 0 Å². The summed E-state index contributed by atoms with van der Waals surface area (Å²) in [6.07, 6.45) is 8.44. The fraction of sp³-hybridized carbons (Fsp3) is 0.720. The topological polar surface area (TPSA) is 91.8 Å². The molecule has 1 saturated heterocycles. The molecule has 1 aromatic rings. The van der Waals surface area contributed by atoms with E-state index in [-0.39, 0.29) is 30.4 Å². The number of rotatable bonds is 9. The van der Waals surface area contributed by atoms with Crippen LogP contribution >= 0.6 is 0 Å². The van der Waals surface area contributed by atoms with Crippen LogP contribution in [0.5, 0.6) is 5.88 Å². The van der Waals surface area contributed by atoms with Gasteiger partial charge in [-0.25, -0.2) is 0 Å². The van der Waals surface area contributed by atoms with E-state index in [1.54, 1.807) is 0 Å². The number of aromatic nitrogens is 1. The van der Waals surface area contributed by atoms with Gasteiger partial charge in [-0.3, -0.25) is 9.59 Å². The Morgan fingerprint density at radius 1 is 1.16 bits per heavy atom. The van der Waals surface area contributed by atoms with Crippen molar-refractivity contribution >= 4 is 17.7 Å². The first-order valence-electron chi connectivity index (χ1n) is 12.3. The zero-order valence-electron chi connectivity index (χ0n) is 19.8. The summed E-state index contributed by atoms with van der Waals surface area (Å²) in [4.78, 5) is 31.1. The molecule has 2 N–H and O–H groups in total. The molecule has 0 aromatic carbocycles. The average Bonchev–Trinajstić information content (AvgIpc) is 2.73. The fourth-order valence-corrected chi connectivity index (χ4v) is 4.97. The minimum atomic E-state index is -0.758. The predicted octanol–water partition coefficient (Wildman–Crippen LogP) is 4.65. The highest BCUT2D eigenvalue weighted by Gasteiger charge is 2.26. The Morgan fingerprint density at radius 3 is 2.59 bits per heavy atom. The van der Waals surface area contributed by atoms with Gasteiger partial charge in [-0.15, -0.1) is 0 Å². The molecule has 1 saturated carbocycles. The molecule has 0 spiro atoms. The van der Waals surface area contributed by atoms with Gasteiger partial charge in [0.25, 0.3) is 5.91 Å². The lowest BCUT2D eigenvalue weighted by Gasteiger charge is -2.33. The highest BCUT2D eigenvalue weighted by molar-refractivity contribution is 5.96. The molecule has 1 aromatic heterocycles. The van der Waals surface area contributed by atoms with Gasteiger partial charge in [0.05, 0.1) is 6.10 Å². The molecule has 178 valence electrons. The van der Waals surface area contributed by atoms with Crippen LogP contribution in [0.25, 0.3) is 0 Å². The first-order valence-corrected chi connectivity index (χ1v) is 12.3. The van der Waals surface area contributed by atoms with Crippen molar-refractivity contribution in [1.29, 1.82) is 0 Å². The van der Waals surface area contributed by atoms with E-state index in [0.29, 0.717) is 23.9 Å². The van der Waals surface area contributed by atoms with Gasteiger partial charge in [-0.1, -0.05) is 33.1 Å². The van der Waals surface area contributed by atoms with Crippen molar-refractivity contribution in [2.45, 2.75) is 90.7 Å². The average molecular weight is 446 g/mol. The molecule has 1 aliphatic heterocycles. The van der Waals surface area contributed by atoms with Gasteiger partial charge >= 0.3 is 5.97 Å². The number of amides is 1. The van der Waals surface area contributed by atoms with E-state index in [9.17, 15) is 14.7 Å². The van der Waals surface area contributed by atoms with Crippen molar-refractivity contribution in [3.8, 4) is 5.88 Å². The molecule has 2 heterocycles. The summed E-state index contributed by atoms with van der Waals surface area (Å²) in [7, 11) is 0. The first kappa shape index (κ1) is 24.3. The summed E-state index contributed by atoms with van der Waals surface area (Å²) in [6, 6.07) is 3.91. The SMILES string of the molecule is CC(C)CC(C)Oc1nc(N2CCC[C@@H](CC(=O)O)C2)ccc1C(=O)NC1CCCCC1. The molecule has 0 radical (unpaired) electrons. The molecule has 2 atom stereocenters. The molecule has 2 aliphatic rings. The highest BCUT2D eigenvalue weighted by atomic mass is 16.5. The van der Waals surface area contributed by atoms with Crippen molar-refractivity contribution < 1.29 is 19.4 Å². The number of pyridine rings is 1. The highest BCUT2D eigenvalue weighted by Crippen LogP contribution is 2.28. The Morgan fingerprint density at radius 2 is 1.91 bits per heavy atom. The van der Waals surface area contributed by atoms with Gasteiger partial charge in [-0.2, -0.15) is 4.98 Å². The van der Waals surface area contributed by atoms with Crippen LogP contribution in [-0.4, -0.2) is 47.2 Å². The van der Waals surface area contributed by atoms with Gasteiger partial charge in [0, 0.05) is 25.6 Å². The summed E-state index contributed by atoms with van der Waals surface area (Å²) < 4.78 is 6.20. The third-order valence-corrected chi connectivity index (χ3v) is 6.45. The van der Waals surface area contributed by atoms with Gasteiger partial charge < -0.3 is 20.1 Å². The Labute approximate surface area is 191 Å². The predicted molar refractivity (Wildman–Crippen MR) is 125 cm³/mol. The molecule has 3 rings (SSSR count). The normalized spacial score (nSPS) is 20.8. The monoisotopic (exact) mass is 445 g/mol. The van der Waals surface area contributed by atoms with Gasteiger partial charge in [0.1, 0.15) is 11.4 Å². The van der Waals surface area contributed by atoms with Crippen LogP contribution in [0.3, 0.4) is 0 Å². The molecule has 7 nitrogen and oxygen atoms in total. The third-order valence-electron chi connectivity index (χ3n) is 6.45. The maximum atomic E-state index is 13.1. The lowest BCUT2D eigenvalue weighted by molar-refractivity contribution is -0.138. The van der Waals surface area contributed by atoms with Crippen LogP contribution in [0, 0.1) is 11.8 Å². The summed E-state index contributed by atoms with van der Waals surface area (Å²) >= 11 is 0. The number of anilines is 1. The summed E-state index contributed by atoms with van der Waals surface area (Å²) in [6.45, 7) is 7.81. The molecule has 32 heavy (non-hydrogen) atoms. The molecule has 1 aliphatic carbocycles. The van der Waals surface area contributed by atoms with E-state index in [1.807, 2.05) is 19.1 Å². The molecule has 0 bridgehead atoms. The van der Waals surface area contributed by atoms with Crippen molar-refractivity contribution in [3.05, 3.63) is 17.7 Å². The number of hydrogen-bond donors (Lipinski definition) is 2. The zero-order valence-corrected chi connectivity index (χ0v) is 19.8. The van der Waals surface area contributed by atoms with Crippen LogP contribution in [0.15, 0.2) is 12.1 Å². The van der Waals surface area contributed by atoms with Gasteiger partial charge in [0.2, 0.25) is 5.88 Å². The van der Waals surface area contributed by atoms with Gasteiger partial charge in [0.15, 0.2) is 0 Å². The van der Waals surface area contributed by atoms with E-state index in [1.165, 1.54) is 6.42 Å². The lowest BCUT2D eigenvalue weighted by atomic mass is 9.95. The van der Waals surface area contributed by atoms with E-state index in [2.05, 4.69) is 24.1 Å². The Hall–Kier alpha value is -2.31. The minimum Gasteiger partial charge on any atom is -0.481 e. The summed E-state index contributed by atoms with van der Waals surface area (Å²) in [5.74, 6) is 0.842. The van der Waals surface area contributed by atoms with E-state index >= 15 is 0 Å². The standard InChI is InChI=1S/C25H39N3O4/c1-17(2)14-18(3)32-25-21(24(31)26-20-9-5-4-6-10-20)11-12-22(27-25)28-13-7-8-19(16-28)15-23(29)30/h11-12,17-20H,4-10,13-16H2,1-3H3,(H,26,31)(H,29,30)/t18?,19-/m0/s1. The van der Waals surface area contributed by atoms with Crippen LogP contribution in [0.4, 0.5) is 5.82 Å². The van der Waals surface area contributed by atoms with E-state index in [4.69, 9.17) is 9.72 Å². The second-order valence-corrected chi connectivity index (χ2v) is 9.94. The van der Waals surface area contributed by atoms with Crippen LogP contribution in [-0.2, 0) is 4.79 Å². The number of nitrogens with one attached hydrogen (secondary N) is 1. The van der Waals surface area contributed by atoms with Crippen molar-refractivity contribution in [2.75, 3.05) is 18.0 Å². The summed E-state index contributed by atoms with van der Waals surface area (Å²) in [5.41, 5.74) is 0.481. The smallest absolute Gasteiger partial charge is 0.303 e. The maximum Gasteiger partial charge on any atom is 0.303 e. The second-order valence-electron chi connectivity index (χ2n) is 9.94. The van der Waals surface area contributed by atoms with Crippen molar-refractivity contribution in [1.82, 2.24) is 10.3 Å². The number of carbonyl (C=O) groups excluding carboxylic acids is 1. The third kappa shape index (κ3) is 7.10. The molecule has 2 fully saturated rings. The number of carbonyl (C=O) groups is 2. The van der Waals surface area contributed by atoms with Crippen molar-refractivity contribution in [3.63, 3.8) is 0 Å². The van der Waals surface area contributed by atoms with Crippen molar-refractivity contribution in [2.24, 2.45) is 11.8 Å². The van der Waals surface area contributed by atoms with E-state index < -0.39 is 5.97 Å². The summed E-state index contributed by atoms with van der Waals surface area (Å²) in [5, 5.41) is 12.4. The number of carboxylic acids is 1. The number of nitrogens with zero attached hydrogens (tertiary/aromatic N) is 2. The molecular weight excluding hydrogens is 406 g/mol. The zero-order chi connectivity index (χ0) is 23.1. The fourth-order valence-electron chi connectivity index (χ4n) is 4.97. The number of carboxylic acid groups (broad SMARTS) is 1. The van der Waals surface area contributed by atoms with E-state index in [0.717, 1.165) is 57.3 Å². The largest absolute Gasteiger partial charge is 0.481 e. The molecule has 1 amide bonds. The Balaban J connectivity index is 1.79.